The van der Waals surface area contributed by atoms with Gasteiger partial charge in [0.25, 0.3) is 0 Å². The van der Waals surface area contributed by atoms with E-state index in [9.17, 15) is 4.79 Å². The van der Waals surface area contributed by atoms with Gasteiger partial charge in [-0.1, -0.05) is 29.8 Å². The lowest BCUT2D eigenvalue weighted by atomic mass is 9.92. The molecule has 0 aliphatic carbocycles. The van der Waals surface area contributed by atoms with Crippen LogP contribution in [0, 0.1) is 5.92 Å². The van der Waals surface area contributed by atoms with Gasteiger partial charge in [-0.05, 0) is 42.9 Å². The first-order valence-electron chi connectivity index (χ1n) is 8.95. The van der Waals surface area contributed by atoms with Gasteiger partial charge < -0.3 is 9.80 Å². The molecule has 3 heterocycles. The van der Waals surface area contributed by atoms with Crippen LogP contribution in [0.3, 0.4) is 0 Å². The minimum Gasteiger partial charge on any atom is -0.370 e. The zero-order chi connectivity index (χ0) is 17.2. The van der Waals surface area contributed by atoms with Crippen molar-refractivity contribution in [3.63, 3.8) is 0 Å². The van der Waals surface area contributed by atoms with Crippen LogP contribution in [0.1, 0.15) is 24.8 Å². The van der Waals surface area contributed by atoms with E-state index in [1.54, 1.807) is 12.4 Å². The molecular formula is C20H22ClN3O. The second-order valence-electron chi connectivity index (χ2n) is 6.89. The lowest BCUT2D eigenvalue weighted by molar-refractivity contribution is -0.119. The Morgan fingerprint density at radius 2 is 1.92 bits per heavy atom. The van der Waals surface area contributed by atoms with E-state index in [1.165, 1.54) is 5.56 Å². The Labute approximate surface area is 153 Å². The van der Waals surface area contributed by atoms with Crippen molar-refractivity contribution in [3.05, 3.63) is 53.3 Å². The van der Waals surface area contributed by atoms with Gasteiger partial charge in [-0.3, -0.25) is 9.78 Å². The maximum Gasteiger partial charge on any atom is 0.227 e. The van der Waals surface area contributed by atoms with E-state index in [4.69, 9.17) is 11.6 Å². The summed E-state index contributed by atoms with van der Waals surface area (Å²) in [5.74, 6) is 0.725. The standard InChI is InChI=1S/C20H22ClN3O/c21-17-14-22-9-5-19(17)23-10-6-15(7-11-23)13-20(25)24-12-8-16-3-1-2-4-18(16)24/h1-5,9,14-15H,6-8,10-13H2. The number of nitrogens with zero attached hydrogens (tertiary/aromatic N) is 3. The van der Waals surface area contributed by atoms with Gasteiger partial charge in [0.2, 0.25) is 5.91 Å². The van der Waals surface area contributed by atoms with Crippen LogP contribution in [0.15, 0.2) is 42.7 Å². The first-order valence-corrected chi connectivity index (χ1v) is 9.33. The fourth-order valence-electron chi connectivity index (χ4n) is 3.96. The predicted octanol–water partition coefficient (Wildman–Crippen LogP) is 3.93. The molecule has 0 saturated carbocycles. The molecular weight excluding hydrogens is 334 g/mol. The lowest BCUT2D eigenvalue weighted by Gasteiger charge is -2.34. The third kappa shape index (κ3) is 3.36. The van der Waals surface area contributed by atoms with Crippen molar-refractivity contribution in [3.8, 4) is 0 Å². The van der Waals surface area contributed by atoms with Gasteiger partial charge in [0.05, 0.1) is 10.7 Å². The Bertz CT molecular complexity index is 771. The SMILES string of the molecule is O=C(CC1CCN(c2ccncc2Cl)CC1)N1CCc2ccccc21. The number of amides is 1. The van der Waals surface area contributed by atoms with Crippen LogP contribution in [0.25, 0.3) is 0 Å². The second-order valence-corrected chi connectivity index (χ2v) is 7.29. The third-order valence-corrected chi connectivity index (χ3v) is 5.65. The van der Waals surface area contributed by atoms with E-state index in [2.05, 4.69) is 22.0 Å². The number of halogens is 1. The summed E-state index contributed by atoms with van der Waals surface area (Å²) in [6.07, 6.45) is 7.14. The number of para-hydroxylation sites is 1. The Morgan fingerprint density at radius 1 is 1.12 bits per heavy atom. The monoisotopic (exact) mass is 355 g/mol. The summed E-state index contributed by atoms with van der Waals surface area (Å²) < 4.78 is 0. The van der Waals surface area contributed by atoms with Crippen molar-refractivity contribution in [1.29, 1.82) is 0 Å². The minimum absolute atomic E-state index is 0.269. The molecule has 1 fully saturated rings. The predicted molar refractivity (Wildman–Crippen MR) is 101 cm³/mol. The molecule has 1 aromatic heterocycles. The topological polar surface area (TPSA) is 36.4 Å². The Morgan fingerprint density at radius 3 is 2.72 bits per heavy atom. The normalized spacial score (nSPS) is 17.6. The molecule has 1 aromatic carbocycles. The summed E-state index contributed by atoms with van der Waals surface area (Å²) in [4.78, 5) is 21.1. The van der Waals surface area contributed by atoms with Crippen LogP contribution >= 0.6 is 11.6 Å². The van der Waals surface area contributed by atoms with E-state index >= 15 is 0 Å². The van der Waals surface area contributed by atoms with Gasteiger partial charge >= 0.3 is 0 Å². The zero-order valence-corrected chi connectivity index (χ0v) is 15.0. The van der Waals surface area contributed by atoms with Crippen LogP contribution in [0.2, 0.25) is 5.02 Å². The molecule has 4 rings (SSSR count). The van der Waals surface area contributed by atoms with Gasteiger partial charge in [0.15, 0.2) is 0 Å². The second kappa shape index (κ2) is 7.04. The van der Waals surface area contributed by atoms with Crippen molar-refractivity contribution >= 4 is 28.9 Å². The van der Waals surface area contributed by atoms with Crippen molar-refractivity contribution in [2.75, 3.05) is 29.4 Å². The van der Waals surface area contributed by atoms with Gasteiger partial charge in [-0.2, -0.15) is 0 Å². The molecule has 1 saturated heterocycles. The van der Waals surface area contributed by atoms with E-state index in [-0.39, 0.29) is 5.91 Å². The Hall–Kier alpha value is -2.07. The van der Waals surface area contributed by atoms with E-state index in [0.29, 0.717) is 17.4 Å². The number of pyridine rings is 1. The Kier molecular flexibility index (Phi) is 4.62. The van der Waals surface area contributed by atoms with Crippen molar-refractivity contribution in [2.45, 2.75) is 25.7 Å². The van der Waals surface area contributed by atoms with E-state index in [1.807, 2.05) is 23.1 Å². The molecule has 0 N–H and O–H groups in total. The van der Waals surface area contributed by atoms with Gasteiger partial charge in [0, 0.05) is 44.1 Å². The first kappa shape index (κ1) is 16.4. The third-order valence-electron chi connectivity index (χ3n) is 5.36. The van der Waals surface area contributed by atoms with Gasteiger partial charge in [-0.15, -0.1) is 0 Å². The molecule has 0 unspecified atom stereocenters. The summed E-state index contributed by atoms with van der Waals surface area (Å²) in [6.45, 7) is 2.71. The summed E-state index contributed by atoms with van der Waals surface area (Å²) in [7, 11) is 0. The molecule has 2 aliphatic rings. The number of hydrogen-bond acceptors (Lipinski definition) is 3. The van der Waals surface area contributed by atoms with Crippen molar-refractivity contribution in [1.82, 2.24) is 4.98 Å². The minimum atomic E-state index is 0.269. The molecule has 0 spiro atoms. The van der Waals surface area contributed by atoms with Crippen LogP contribution < -0.4 is 9.80 Å². The number of carbonyl (C=O) groups is 1. The maximum atomic E-state index is 12.8. The van der Waals surface area contributed by atoms with E-state index < -0.39 is 0 Å². The molecule has 0 radical (unpaired) electrons. The molecule has 0 bridgehead atoms. The highest BCUT2D eigenvalue weighted by Crippen LogP contribution is 2.32. The molecule has 0 atom stereocenters. The molecule has 4 nitrogen and oxygen atoms in total. The zero-order valence-electron chi connectivity index (χ0n) is 14.2. The van der Waals surface area contributed by atoms with Crippen molar-refractivity contribution < 1.29 is 4.79 Å². The number of hydrogen-bond donors (Lipinski definition) is 0. The molecule has 2 aromatic rings. The molecule has 25 heavy (non-hydrogen) atoms. The number of piperidine rings is 1. The number of fused-ring (bicyclic) bond motifs is 1. The van der Waals surface area contributed by atoms with Crippen LogP contribution in [0.5, 0.6) is 0 Å². The van der Waals surface area contributed by atoms with Crippen LogP contribution in [0.4, 0.5) is 11.4 Å². The number of anilines is 2. The quantitative estimate of drug-likeness (QED) is 0.837. The smallest absolute Gasteiger partial charge is 0.227 e. The largest absolute Gasteiger partial charge is 0.370 e. The van der Waals surface area contributed by atoms with Gasteiger partial charge in [-0.25, -0.2) is 0 Å². The highest BCUT2D eigenvalue weighted by molar-refractivity contribution is 6.33. The molecule has 1 amide bonds. The maximum absolute atomic E-state index is 12.8. The van der Waals surface area contributed by atoms with Crippen LogP contribution in [-0.4, -0.2) is 30.5 Å². The number of carbonyl (C=O) groups excluding carboxylic acids is 1. The fourth-order valence-corrected chi connectivity index (χ4v) is 4.20. The molecule has 2 aliphatic heterocycles. The van der Waals surface area contributed by atoms with Crippen LogP contribution in [-0.2, 0) is 11.2 Å². The number of rotatable bonds is 3. The van der Waals surface area contributed by atoms with Crippen molar-refractivity contribution in [2.24, 2.45) is 5.92 Å². The van der Waals surface area contributed by atoms with Gasteiger partial charge in [0.1, 0.15) is 0 Å². The summed E-state index contributed by atoms with van der Waals surface area (Å²) >= 11 is 6.25. The lowest BCUT2D eigenvalue weighted by Crippen LogP contribution is -2.37. The average Bonchev–Trinajstić information content (AvgIpc) is 3.07. The first-order chi connectivity index (χ1) is 12.2. The summed E-state index contributed by atoms with van der Waals surface area (Å²) in [6, 6.07) is 10.2. The highest BCUT2D eigenvalue weighted by atomic mass is 35.5. The highest BCUT2D eigenvalue weighted by Gasteiger charge is 2.28. The molecule has 130 valence electrons. The Balaban J connectivity index is 1.35. The number of aromatic nitrogens is 1. The molecule has 5 heteroatoms. The van der Waals surface area contributed by atoms with E-state index in [0.717, 1.165) is 50.3 Å². The average molecular weight is 356 g/mol. The number of benzene rings is 1. The summed E-state index contributed by atoms with van der Waals surface area (Å²) in [5.41, 5.74) is 3.45. The summed E-state index contributed by atoms with van der Waals surface area (Å²) in [5, 5.41) is 0.700. The fraction of sp³-hybridized carbons (Fsp3) is 0.400.